The zero-order valence-corrected chi connectivity index (χ0v) is 19.5. The number of carbonyl (C=O) groups is 2. The maximum Gasteiger partial charge on any atom is 0.337 e. The fraction of sp³-hybridized carbons (Fsp3) is 0.0500. The van der Waals surface area contributed by atoms with Crippen LogP contribution in [0.4, 0.5) is 11.4 Å². The number of anilines is 2. The fourth-order valence-corrected chi connectivity index (χ4v) is 4.45. The number of pyridine rings is 1. The summed E-state index contributed by atoms with van der Waals surface area (Å²) >= 11 is 8.99. The zero-order chi connectivity index (χ0) is 23.6. The number of benzene rings is 2. The quantitative estimate of drug-likeness (QED) is 0.363. The van der Waals surface area contributed by atoms with Crippen LogP contribution in [0.2, 0.25) is 5.02 Å². The van der Waals surface area contributed by atoms with Gasteiger partial charge >= 0.3 is 5.97 Å². The Morgan fingerprint density at radius 3 is 2.41 bits per heavy atom. The van der Waals surface area contributed by atoms with Crippen LogP contribution < -0.4 is 14.4 Å². The molecule has 1 amide bonds. The number of nitrogens with zero attached hydrogens (tertiary/aromatic N) is 2. The molecular weight excluding hydrogens is 526 g/mol. The Kier molecular flexibility index (Phi) is 6.72. The molecule has 12 heteroatoms. The molecule has 0 aliphatic heterocycles. The summed E-state index contributed by atoms with van der Waals surface area (Å²) in [6.07, 6.45) is 1.71. The molecule has 0 atom stereocenters. The molecule has 0 saturated heterocycles. The number of amides is 1. The first-order valence-electron chi connectivity index (χ1n) is 8.81. The molecule has 0 fully saturated rings. The molecule has 1 aromatic heterocycles. The van der Waals surface area contributed by atoms with E-state index in [0.29, 0.717) is 15.2 Å². The lowest BCUT2D eigenvalue weighted by molar-refractivity contribution is -0.607. The van der Waals surface area contributed by atoms with Gasteiger partial charge in [-0.25, -0.2) is 13.2 Å². The van der Waals surface area contributed by atoms with Crippen molar-refractivity contribution in [2.45, 2.75) is 4.90 Å². The molecule has 166 valence electrons. The topological polar surface area (TPSA) is 131 Å². The molecule has 0 saturated carbocycles. The van der Waals surface area contributed by atoms with Crippen molar-refractivity contribution in [1.29, 1.82) is 0 Å². The first kappa shape index (κ1) is 23.5. The smallest absolute Gasteiger partial charge is 0.337 e. The van der Waals surface area contributed by atoms with Crippen LogP contribution in [0.3, 0.4) is 0 Å². The van der Waals surface area contributed by atoms with Crippen molar-refractivity contribution in [3.05, 3.63) is 86.8 Å². The number of rotatable bonds is 6. The van der Waals surface area contributed by atoms with Crippen LogP contribution in [-0.2, 0) is 10.0 Å². The van der Waals surface area contributed by atoms with Crippen molar-refractivity contribution >= 4 is 60.8 Å². The molecule has 2 aromatic carbocycles. The highest BCUT2D eigenvalue weighted by Gasteiger charge is 2.26. The van der Waals surface area contributed by atoms with E-state index in [4.69, 9.17) is 11.6 Å². The summed E-state index contributed by atoms with van der Waals surface area (Å²) in [5.74, 6) is -2.13. The minimum Gasteiger partial charge on any atom is -0.619 e. The number of carboxylic acid groups (broad SMARTS) is 1. The van der Waals surface area contributed by atoms with Gasteiger partial charge in [0.2, 0.25) is 6.20 Å². The number of hydrogen-bond donors (Lipinski definition) is 2. The highest BCUT2D eigenvalue weighted by atomic mass is 79.9. The lowest BCUT2D eigenvalue weighted by Gasteiger charge is -2.19. The van der Waals surface area contributed by atoms with Crippen molar-refractivity contribution in [1.82, 2.24) is 0 Å². The number of carbonyl (C=O) groups excluding carboxylic acids is 1. The van der Waals surface area contributed by atoms with Gasteiger partial charge in [0.15, 0.2) is 11.1 Å². The predicted molar refractivity (Wildman–Crippen MR) is 121 cm³/mol. The number of nitrogens with one attached hydrogen (secondary N) is 1. The first-order valence-corrected chi connectivity index (χ1v) is 11.4. The summed E-state index contributed by atoms with van der Waals surface area (Å²) in [4.78, 5) is 23.7. The van der Waals surface area contributed by atoms with E-state index in [-0.39, 0.29) is 21.5 Å². The van der Waals surface area contributed by atoms with Crippen LogP contribution in [0, 0.1) is 5.21 Å². The van der Waals surface area contributed by atoms with Crippen molar-refractivity contribution in [2.75, 3.05) is 16.7 Å². The van der Waals surface area contributed by atoms with Gasteiger partial charge in [-0.3, -0.25) is 9.10 Å². The fourth-order valence-electron chi connectivity index (χ4n) is 2.74. The summed E-state index contributed by atoms with van der Waals surface area (Å²) in [6.45, 7) is 0. The van der Waals surface area contributed by atoms with Crippen molar-refractivity contribution in [3.63, 3.8) is 0 Å². The van der Waals surface area contributed by atoms with E-state index in [2.05, 4.69) is 21.2 Å². The number of carboxylic acids is 1. The summed E-state index contributed by atoms with van der Waals surface area (Å²) in [5.41, 5.74) is -0.184. The Labute approximate surface area is 196 Å². The molecule has 0 aliphatic rings. The first-order chi connectivity index (χ1) is 15.0. The zero-order valence-electron chi connectivity index (χ0n) is 16.3. The van der Waals surface area contributed by atoms with Gasteiger partial charge in [0.1, 0.15) is 5.56 Å². The number of sulfonamides is 1. The van der Waals surface area contributed by atoms with E-state index in [9.17, 15) is 28.3 Å². The standard InChI is InChI=1S/C20H15BrClN3O6S/c1-24(15-5-3-14(22)4-6-15)32(30,31)16-8-12(10-25(29)11-16)19(26)23-18-7-2-13(21)9-17(18)20(27)28/h2-11H,1H3,(H,23,26)(H,27,28). The average Bonchev–Trinajstić information content (AvgIpc) is 2.74. The van der Waals surface area contributed by atoms with E-state index >= 15 is 0 Å². The summed E-state index contributed by atoms with van der Waals surface area (Å²) < 4.78 is 27.6. The van der Waals surface area contributed by atoms with Gasteiger partial charge in [-0.15, -0.1) is 0 Å². The SMILES string of the molecule is CN(c1ccc(Cl)cc1)S(=O)(=O)c1cc(C(=O)Nc2ccc(Br)cc2C(=O)O)c[n+]([O-])c1. The second kappa shape index (κ2) is 9.15. The van der Waals surface area contributed by atoms with Gasteiger partial charge in [0, 0.05) is 16.5 Å². The lowest BCUT2D eigenvalue weighted by atomic mass is 10.1. The number of aromatic carboxylic acids is 1. The number of halogens is 2. The average molecular weight is 541 g/mol. The second-order valence-electron chi connectivity index (χ2n) is 6.52. The van der Waals surface area contributed by atoms with Gasteiger partial charge in [-0.1, -0.05) is 27.5 Å². The van der Waals surface area contributed by atoms with Gasteiger partial charge in [0.05, 0.1) is 16.9 Å². The highest BCUT2D eigenvalue weighted by Crippen LogP contribution is 2.25. The minimum absolute atomic E-state index is 0.0188. The van der Waals surface area contributed by atoms with Crippen LogP contribution in [0.25, 0.3) is 0 Å². The van der Waals surface area contributed by atoms with Crippen LogP contribution in [0.1, 0.15) is 20.7 Å². The molecule has 0 spiro atoms. The van der Waals surface area contributed by atoms with Gasteiger partial charge in [-0.05, 0) is 48.5 Å². The number of aromatic nitrogens is 1. The number of hydrogen-bond acceptors (Lipinski definition) is 5. The third-order valence-corrected chi connectivity index (χ3v) is 6.89. The molecule has 9 nitrogen and oxygen atoms in total. The van der Waals surface area contributed by atoms with E-state index in [0.717, 1.165) is 22.8 Å². The Balaban J connectivity index is 1.96. The summed E-state index contributed by atoms with van der Waals surface area (Å²) in [7, 11) is -2.90. The Hall–Kier alpha value is -3.15. The minimum atomic E-state index is -4.19. The molecule has 3 rings (SSSR count). The van der Waals surface area contributed by atoms with Gasteiger partial charge < -0.3 is 15.6 Å². The second-order valence-corrected chi connectivity index (χ2v) is 9.84. The van der Waals surface area contributed by atoms with E-state index in [1.165, 1.54) is 49.5 Å². The van der Waals surface area contributed by atoms with Crippen LogP contribution in [-0.4, -0.2) is 32.4 Å². The maximum atomic E-state index is 13.0. The van der Waals surface area contributed by atoms with E-state index in [1.54, 1.807) is 0 Å². The molecule has 0 radical (unpaired) electrons. The maximum absolute atomic E-state index is 13.0. The van der Waals surface area contributed by atoms with Crippen molar-refractivity contribution in [3.8, 4) is 0 Å². The van der Waals surface area contributed by atoms with Gasteiger partial charge in [-0.2, -0.15) is 4.73 Å². The normalized spacial score (nSPS) is 11.1. The molecule has 1 heterocycles. The molecule has 0 bridgehead atoms. The van der Waals surface area contributed by atoms with Crippen LogP contribution in [0.5, 0.6) is 0 Å². The van der Waals surface area contributed by atoms with Crippen molar-refractivity contribution in [2.24, 2.45) is 0 Å². The van der Waals surface area contributed by atoms with Crippen LogP contribution in [0.15, 0.2) is 70.3 Å². The third kappa shape index (κ3) is 5.01. The monoisotopic (exact) mass is 539 g/mol. The van der Waals surface area contributed by atoms with E-state index in [1.807, 2.05) is 0 Å². The molecule has 32 heavy (non-hydrogen) atoms. The largest absolute Gasteiger partial charge is 0.619 e. The Morgan fingerprint density at radius 2 is 1.78 bits per heavy atom. The molecule has 3 aromatic rings. The lowest BCUT2D eigenvalue weighted by Crippen LogP contribution is -2.33. The molecule has 2 N–H and O–H groups in total. The Bertz CT molecular complexity index is 1320. The molecule has 0 unspecified atom stereocenters. The van der Waals surface area contributed by atoms with Crippen molar-refractivity contribution < 1.29 is 27.8 Å². The van der Waals surface area contributed by atoms with Crippen LogP contribution >= 0.6 is 27.5 Å². The third-order valence-electron chi connectivity index (χ3n) is 4.39. The summed E-state index contributed by atoms with van der Waals surface area (Å²) in [6, 6.07) is 11.2. The molecular formula is C20H15BrClN3O6S. The van der Waals surface area contributed by atoms with Gasteiger partial charge in [0.25, 0.3) is 15.9 Å². The highest BCUT2D eigenvalue weighted by molar-refractivity contribution is 9.10. The predicted octanol–water partition coefficient (Wildman–Crippen LogP) is 3.51. The van der Waals surface area contributed by atoms with E-state index < -0.39 is 26.8 Å². The Morgan fingerprint density at radius 1 is 1.12 bits per heavy atom. The molecule has 0 aliphatic carbocycles. The summed E-state index contributed by atoms with van der Waals surface area (Å²) in [5, 5.41) is 24.2.